The molecule has 0 saturated carbocycles. The summed E-state index contributed by atoms with van der Waals surface area (Å²) in [4.78, 5) is 26.0. The lowest BCUT2D eigenvalue weighted by Crippen LogP contribution is -2.35. The van der Waals surface area contributed by atoms with Gasteiger partial charge in [-0.25, -0.2) is 4.99 Å². The molecule has 0 bridgehead atoms. The summed E-state index contributed by atoms with van der Waals surface area (Å²) in [5.41, 5.74) is 1.70. The van der Waals surface area contributed by atoms with Crippen LogP contribution in [0.2, 0.25) is 0 Å². The van der Waals surface area contributed by atoms with Gasteiger partial charge in [0.25, 0.3) is 5.91 Å². The minimum Gasteiger partial charge on any atom is -0.441 e. The molecule has 5 rings (SSSR count). The van der Waals surface area contributed by atoms with Crippen molar-refractivity contribution < 1.29 is 13.9 Å². The van der Waals surface area contributed by atoms with Crippen LogP contribution < -0.4 is 4.90 Å². The van der Waals surface area contributed by atoms with Crippen LogP contribution in [0.5, 0.6) is 0 Å². The largest absolute Gasteiger partial charge is 0.441 e. The number of morpholine rings is 1. The van der Waals surface area contributed by atoms with Crippen LogP contribution in [0.3, 0.4) is 0 Å². The van der Waals surface area contributed by atoms with Crippen molar-refractivity contribution in [1.82, 2.24) is 9.88 Å². The van der Waals surface area contributed by atoms with E-state index in [1.165, 1.54) is 11.8 Å². The fraction of sp³-hybridized carbons (Fsp3) is 0.227. The molecular formula is C22H20N4O3S. The maximum absolute atomic E-state index is 12.7. The van der Waals surface area contributed by atoms with E-state index in [4.69, 9.17) is 9.15 Å². The number of amides is 1. The molecular weight excluding hydrogens is 400 g/mol. The Labute approximate surface area is 178 Å². The molecule has 2 saturated heterocycles. The van der Waals surface area contributed by atoms with Crippen LogP contribution in [-0.2, 0) is 9.53 Å². The average molecular weight is 420 g/mol. The number of likely N-dealkylation sites (N-methyl/N-ethyl adjacent to an activating group) is 1. The summed E-state index contributed by atoms with van der Waals surface area (Å²) in [7, 11) is 1.74. The van der Waals surface area contributed by atoms with Crippen molar-refractivity contribution in [1.29, 1.82) is 0 Å². The van der Waals surface area contributed by atoms with Gasteiger partial charge in [0.15, 0.2) is 11.1 Å². The van der Waals surface area contributed by atoms with E-state index < -0.39 is 0 Å². The lowest BCUT2D eigenvalue weighted by molar-refractivity contribution is -0.121. The highest BCUT2D eigenvalue weighted by Crippen LogP contribution is 2.34. The van der Waals surface area contributed by atoms with Gasteiger partial charge in [-0.05, 0) is 42.1 Å². The zero-order chi connectivity index (χ0) is 20.5. The highest BCUT2D eigenvalue weighted by molar-refractivity contribution is 8.18. The Kier molecular flexibility index (Phi) is 5.02. The third-order valence-electron chi connectivity index (χ3n) is 5.02. The van der Waals surface area contributed by atoms with Crippen LogP contribution in [0.1, 0.15) is 5.76 Å². The number of pyridine rings is 1. The number of ether oxygens (including phenoxy) is 1. The normalized spacial score (nSPS) is 20.1. The highest BCUT2D eigenvalue weighted by Gasteiger charge is 2.30. The topological polar surface area (TPSA) is 71.2 Å². The molecule has 2 aliphatic rings. The van der Waals surface area contributed by atoms with Crippen molar-refractivity contribution in [2.24, 2.45) is 4.99 Å². The van der Waals surface area contributed by atoms with Crippen LogP contribution in [0.15, 0.2) is 63.0 Å². The molecule has 8 heteroatoms. The Morgan fingerprint density at radius 1 is 1.17 bits per heavy atom. The summed E-state index contributed by atoms with van der Waals surface area (Å²) in [6.07, 6.45) is 3.55. The predicted octanol–water partition coefficient (Wildman–Crippen LogP) is 3.90. The summed E-state index contributed by atoms with van der Waals surface area (Å²) in [5.74, 6) is 1.36. The van der Waals surface area contributed by atoms with Gasteiger partial charge in [-0.15, -0.1) is 0 Å². The molecule has 0 spiro atoms. The van der Waals surface area contributed by atoms with Gasteiger partial charge in [0, 0.05) is 43.9 Å². The van der Waals surface area contributed by atoms with E-state index in [1.54, 1.807) is 24.2 Å². The highest BCUT2D eigenvalue weighted by atomic mass is 32.2. The van der Waals surface area contributed by atoms with E-state index in [2.05, 4.69) is 14.9 Å². The zero-order valence-corrected chi connectivity index (χ0v) is 17.3. The lowest BCUT2D eigenvalue weighted by Gasteiger charge is -2.26. The summed E-state index contributed by atoms with van der Waals surface area (Å²) in [5, 5.41) is 1.65. The standard InChI is InChI=1S/C22H20N4O3S/c1-25-21(27)19(14-17-5-7-20(29-17)26-9-11-28-12-10-26)30-22(25)24-16-4-6-18-15(13-16)3-2-8-23-18/h2-8,13-14H,9-12H2,1H3/b19-14-,24-22?. The van der Waals surface area contributed by atoms with Crippen molar-refractivity contribution >= 4 is 51.4 Å². The number of carbonyl (C=O) groups is 1. The second kappa shape index (κ2) is 7.97. The Balaban J connectivity index is 1.38. The van der Waals surface area contributed by atoms with Crippen molar-refractivity contribution in [3.05, 3.63) is 59.3 Å². The number of aliphatic imine (C=N–C) groups is 1. The van der Waals surface area contributed by atoms with Gasteiger partial charge in [0.1, 0.15) is 5.76 Å². The number of furan rings is 1. The Hall–Kier alpha value is -3.10. The number of hydrogen-bond donors (Lipinski definition) is 0. The maximum Gasteiger partial charge on any atom is 0.266 e. The van der Waals surface area contributed by atoms with E-state index in [0.29, 0.717) is 29.0 Å². The first kappa shape index (κ1) is 18.9. The van der Waals surface area contributed by atoms with Crippen molar-refractivity contribution in [2.45, 2.75) is 0 Å². The van der Waals surface area contributed by atoms with Crippen LogP contribution in [0.25, 0.3) is 17.0 Å². The van der Waals surface area contributed by atoms with Crippen LogP contribution in [0, 0.1) is 0 Å². The van der Waals surface area contributed by atoms with E-state index in [9.17, 15) is 4.79 Å². The van der Waals surface area contributed by atoms with E-state index >= 15 is 0 Å². The number of aromatic nitrogens is 1. The molecule has 1 amide bonds. The van der Waals surface area contributed by atoms with Gasteiger partial charge < -0.3 is 14.1 Å². The number of hydrogen-bond acceptors (Lipinski definition) is 7. The zero-order valence-electron chi connectivity index (χ0n) is 16.4. The molecule has 7 nitrogen and oxygen atoms in total. The molecule has 1 aromatic carbocycles. The molecule has 2 aliphatic heterocycles. The van der Waals surface area contributed by atoms with Gasteiger partial charge in [-0.1, -0.05) is 6.07 Å². The number of nitrogens with zero attached hydrogens (tertiary/aromatic N) is 4. The summed E-state index contributed by atoms with van der Waals surface area (Å²) < 4.78 is 11.3. The molecule has 2 fully saturated rings. The second-order valence-electron chi connectivity index (χ2n) is 7.03. The molecule has 4 heterocycles. The van der Waals surface area contributed by atoms with Gasteiger partial charge in [0.05, 0.1) is 29.3 Å². The van der Waals surface area contributed by atoms with Crippen LogP contribution in [-0.4, -0.2) is 54.3 Å². The first-order valence-corrected chi connectivity index (χ1v) is 10.5. The quantitative estimate of drug-likeness (QED) is 0.599. The second-order valence-corrected chi connectivity index (χ2v) is 8.03. The average Bonchev–Trinajstić information content (AvgIpc) is 3.35. The fourth-order valence-electron chi connectivity index (χ4n) is 3.40. The fourth-order valence-corrected chi connectivity index (χ4v) is 4.36. The third-order valence-corrected chi connectivity index (χ3v) is 6.08. The number of fused-ring (bicyclic) bond motifs is 1. The van der Waals surface area contributed by atoms with Crippen molar-refractivity contribution in [3.8, 4) is 0 Å². The van der Waals surface area contributed by atoms with Gasteiger partial charge in [-0.3, -0.25) is 14.7 Å². The Bertz CT molecular complexity index is 1160. The van der Waals surface area contributed by atoms with Crippen molar-refractivity contribution in [3.63, 3.8) is 0 Å². The Morgan fingerprint density at radius 3 is 2.90 bits per heavy atom. The lowest BCUT2D eigenvalue weighted by atomic mass is 10.2. The molecule has 30 heavy (non-hydrogen) atoms. The number of anilines is 1. The molecule has 0 aliphatic carbocycles. The third kappa shape index (κ3) is 3.71. The monoisotopic (exact) mass is 420 g/mol. The summed E-state index contributed by atoms with van der Waals surface area (Å²) in [6, 6.07) is 13.5. The van der Waals surface area contributed by atoms with Crippen molar-refractivity contribution in [2.75, 3.05) is 38.3 Å². The molecule has 3 aromatic rings. The van der Waals surface area contributed by atoms with E-state index in [-0.39, 0.29) is 5.91 Å². The minimum atomic E-state index is -0.0921. The minimum absolute atomic E-state index is 0.0921. The number of benzene rings is 1. The molecule has 0 radical (unpaired) electrons. The predicted molar refractivity (Wildman–Crippen MR) is 119 cm³/mol. The SMILES string of the molecule is CN1C(=O)/C(=C/c2ccc(N3CCOCC3)o2)SC1=Nc1ccc2ncccc2c1. The number of carbonyl (C=O) groups excluding carboxylic acids is 1. The van der Waals surface area contributed by atoms with Crippen LogP contribution in [0.4, 0.5) is 11.6 Å². The van der Waals surface area contributed by atoms with Gasteiger partial charge in [-0.2, -0.15) is 0 Å². The summed E-state index contributed by atoms with van der Waals surface area (Å²) in [6.45, 7) is 3.00. The van der Waals surface area contributed by atoms with E-state index in [1.807, 2.05) is 42.5 Å². The maximum atomic E-state index is 12.7. The Morgan fingerprint density at radius 2 is 2.03 bits per heavy atom. The number of amidine groups is 1. The van der Waals surface area contributed by atoms with E-state index in [0.717, 1.165) is 35.6 Å². The molecule has 0 atom stereocenters. The van der Waals surface area contributed by atoms with Gasteiger partial charge >= 0.3 is 0 Å². The first-order chi connectivity index (χ1) is 14.7. The molecule has 152 valence electrons. The number of thioether (sulfide) groups is 1. The summed E-state index contributed by atoms with van der Waals surface area (Å²) >= 11 is 1.35. The number of rotatable bonds is 3. The molecule has 2 aromatic heterocycles. The molecule has 0 unspecified atom stereocenters. The van der Waals surface area contributed by atoms with Gasteiger partial charge in [0.2, 0.25) is 0 Å². The first-order valence-electron chi connectivity index (χ1n) is 9.71. The molecule has 0 N–H and O–H groups in total. The van der Waals surface area contributed by atoms with Crippen LogP contribution >= 0.6 is 11.8 Å². The smallest absolute Gasteiger partial charge is 0.266 e.